The maximum Gasteiger partial charge on any atom is 0.126 e. The third kappa shape index (κ3) is 4.46. The molecule has 0 bridgehead atoms. The minimum absolute atomic E-state index is 0.108. The Hall–Kier alpha value is -1.12. The van der Waals surface area contributed by atoms with Crippen molar-refractivity contribution < 1.29 is 8.78 Å². The van der Waals surface area contributed by atoms with E-state index in [-0.39, 0.29) is 5.92 Å². The minimum atomic E-state index is -0.559. The fourth-order valence-electron chi connectivity index (χ4n) is 2.24. The molecule has 0 aliphatic heterocycles. The zero-order chi connectivity index (χ0) is 14.5. The molecule has 0 aliphatic carbocycles. The lowest BCUT2D eigenvalue weighted by Gasteiger charge is -2.14. The quantitative estimate of drug-likeness (QED) is 0.660. The van der Waals surface area contributed by atoms with Crippen molar-refractivity contribution in [2.24, 2.45) is 5.92 Å². The van der Waals surface area contributed by atoms with Gasteiger partial charge < -0.3 is 0 Å². The first-order chi connectivity index (χ1) is 9.56. The average molecular weight is 315 g/mol. The summed E-state index contributed by atoms with van der Waals surface area (Å²) < 4.78 is 26.3. The summed E-state index contributed by atoms with van der Waals surface area (Å²) >= 11 is 11.9. The second-order valence-electron chi connectivity index (χ2n) is 4.84. The Labute approximate surface area is 127 Å². The molecule has 2 aromatic rings. The number of hydrogen-bond acceptors (Lipinski definition) is 0. The minimum Gasteiger partial charge on any atom is -0.207 e. The highest BCUT2D eigenvalue weighted by atomic mass is 35.5. The van der Waals surface area contributed by atoms with E-state index >= 15 is 0 Å². The first-order valence-electron chi connectivity index (χ1n) is 6.32. The Bertz CT molecular complexity index is 564. The van der Waals surface area contributed by atoms with Crippen molar-refractivity contribution in [3.8, 4) is 0 Å². The van der Waals surface area contributed by atoms with Gasteiger partial charge in [-0.15, -0.1) is 11.6 Å². The SMILES string of the molecule is Fc1cc(F)cc(CC(CCl)Cc2cccc(Cl)c2)c1. The fraction of sp³-hybridized carbons (Fsp3) is 0.250. The molecule has 4 heteroatoms. The fourth-order valence-corrected chi connectivity index (χ4v) is 2.67. The van der Waals surface area contributed by atoms with Crippen LogP contribution in [0.2, 0.25) is 5.02 Å². The van der Waals surface area contributed by atoms with Gasteiger partial charge in [-0.3, -0.25) is 0 Å². The second kappa shape index (κ2) is 7.05. The molecule has 2 aromatic carbocycles. The molecular weight excluding hydrogens is 301 g/mol. The second-order valence-corrected chi connectivity index (χ2v) is 5.58. The van der Waals surface area contributed by atoms with Crippen LogP contribution in [0.25, 0.3) is 0 Å². The monoisotopic (exact) mass is 314 g/mol. The zero-order valence-corrected chi connectivity index (χ0v) is 12.3. The van der Waals surface area contributed by atoms with E-state index in [0.29, 0.717) is 22.9 Å². The van der Waals surface area contributed by atoms with E-state index < -0.39 is 11.6 Å². The van der Waals surface area contributed by atoms with Gasteiger partial charge >= 0.3 is 0 Å². The number of rotatable bonds is 5. The lowest BCUT2D eigenvalue weighted by Crippen LogP contribution is -2.10. The van der Waals surface area contributed by atoms with Crippen LogP contribution in [0.4, 0.5) is 8.78 Å². The smallest absolute Gasteiger partial charge is 0.126 e. The molecule has 0 radical (unpaired) electrons. The third-order valence-electron chi connectivity index (χ3n) is 3.08. The van der Waals surface area contributed by atoms with Crippen molar-refractivity contribution in [2.45, 2.75) is 12.8 Å². The van der Waals surface area contributed by atoms with Crippen molar-refractivity contribution in [3.05, 3.63) is 70.2 Å². The topological polar surface area (TPSA) is 0 Å². The average Bonchev–Trinajstić information content (AvgIpc) is 2.36. The molecule has 0 nitrogen and oxygen atoms in total. The lowest BCUT2D eigenvalue weighted by molar-refractivity contribution is 0.557. The summed E-state index contributed by atoms with van der Waals surface area (Å²) in [5.41, 5.74) is 1.69. The third-order valence-corrected chi connectivity index (χ3v) is 3.75. The van der Waals surface area contributed by atoms with Crippen LogP contribution >= 0.6 is 23.2 Å². The van der Waals surface area contributed by atoms with E-state index in [4.69, 9.17) is 23.2 Å². The Kier molecular flexibility index (Phi) is 5.38. The van der Waals surface area contributed by atoms with Crippen LogP contribution in [-0.2, 0) is 12.8 Å². The van der Waals surface area contributed by atoms with Gasteiger partial charge in [-0.2, -0.15) is 0 Å². The van der Waals surface area contributed by atoms with Gasteiger partial charge in [-0.1, -0.05) is 23.7 Å². The van der Waals surface area contributed by atoms with E-state index in [1.165, 1.54) is 12.1 Å². The molecule has 20 heavy (non-hydrogen) atoms. The van der Waals surface area contributed by atoms with Gasteiger partial charge in [0.05, 0.1) is 0 Å². The first-order valence-corrected chi connectivity index (χ1v) is 7.23. The molecule has 0 heterocycles. The molecular formula is C16H14Cl2F2. The van der Waals surface area contributed by atoms with Gasteiger partial charge in [-0.25, -0.2) is 8.78 Å². The summed E-state index contributed by atoms with van der Waals surface area (Å²) in [5, 5.41) is 0.674. The number of hydrogen-bond donors (Lipinski definition) is 0. The largest absolute Gasteiger partial charge is 0.207 e. The van der Waals surface area contributed by atoms with Crippen LogP contribution in [0.15, 0.2) is 42.5 Å². The van der Waals surface area contributed by atoms with Crippen molar-refractivity contribution in [1.29, 1.82) is 0 Å². The maximum atomic E-state index is 13.2. The van der Waals surface area contributed by atoms with Crippen LogP contribution in [0.5, 0.6) is 0 Å². The summed E-state index contributed by atoms with van der Waals surface area (Å²) in [5.74, 6) is -0.589. The molecule has 0 aromatic heterocycles. The highest BCUT2D eigenvalue weighted by Crippen LogP contribution is 2.20. The van der Waals surface area contributed by atoms with Crippen LogP contribution in [0.3, 0.4) is 0 Å². The van der Waals surface area contributed by atoms with Crippen LogP contribution in [-0.4, -0.2) is 5.88 Å². The summed E-state index contributed by atoms with van der Waals surface area (Å²) in [4.78, 5) is 0. The van der Waals surface area contributed by atoms with Gasteiger partial charge in [0.15, 0.2) is 0 Å². The van der Waals surface area contributed by atoms with Gasteiger partial charge in [0, 0.05) is 17.0 Å². The van der Waals surface area contributed by atoms with E-state index in [9.17, 15) is 8.78 Å². The van der Waals surface area contributed by atoms with E-state index in [1.54, 1.807) is 0 Å². The Morgan fingerprint density at radius 2 is 1.55 bits per heavy atom. The molecule has 0 fully saturated rings. The molecule has 0 spiro atoms. The Morgan fingerprint density at radius 1 is 0.900 bits per heavy atom. The molecule has 0 N–H and O–H groups in total. The summed E-state index contributed by atoms with van der Waals surface area (Å²) in [6.07, 6.45) is 1.26. The van der Waals surface area contributed by atoms with Gasteiger partial charge in [-0.05, 0) is 54.2 Å². The molecule has 0 saturated heterocycles. The summed E-state index contributed by atoms with van der Waals surface area (Å²) in [7, 11) is 0. The molecule has 2 rings (SSSR count). The number of benzene rings is 2. The molecule has 1 atom stereocenters. The Balaban J connectivity index is 2.09. The van der Waals surface area contributed by atoms with Gasteiger partial charge in [0.1, 0.15) is 11.6 Å². The van der Waals surface area contributed by atoms with E-state index in [2.05, 4.69) is 0 Å². The summed E-state index contributed by atoms with van der Waals surface area (Å²) in [6.45, 7) is 0. The van der Waals surface area contributed by atoms with Crippen LogP contribution in [0, 0.1) is 17.6 Å². The van der Waals surface area contributed by atoms with Crippen LogP contribution < -0.4 is 0 Å². The van der Waals surface area contributed by atoms with Gasteiger partial charge in [0.25, 0.3) is 0 Å². The van der Waals surface area contributed by atoms with Crippen molar-refractivity contribution in [1.82, 2.24) is 0 Å². The molecule has 0 aliphatic rings. The predicted octanol–water partition coefficient (Wildman–Crippen LogP) is 5.26. The molecule has 0 saturated carbocycles. The standard InChI is InChI=1S/C16H14Cl2F2/c17-10-13(4-11-2-1-3-14(18)6-11)5-12-7-15(19)9-16(20)8-12/h1-3,6-9,13H,4-5,10H2. The maximum absolute atomic E-state index is 13.2. The zero-order valence-electron chi connectivity index (χ0n) is 10.8. The number of halogens is 4. The van der Waals surface area contributed by atoms with Crippen molar-refractivity contribution >= 4 is 23.2 Å². The lowest BCUT2D eigenvalue weighted by atomic mass is 9.94. The predicted molar refractivity (Wildman–Crippen MR) is 79.4 cm³/mol. The van der Waals surface area contributed by atoms with Gasteiger partial charge in [0.2, 0.25) is 0 Å². The van der Waals surface area contributed by atoms with Crippen molar-refractivity contribution in [3.63, 3.8) is 0 Å². The normalized spacial score (nSPS) is 12.4. The Morgan fingerprint density at radius 3 is 2.15 bits per heavy atom. The van der Waals surface area contributed by atoms with E-state index in [0.717, 1.165) is 18.1 Å². The van der Waals surface area contributed by atoms with Crippen LogP contribution in [0.1, 0.15) is 11.1 Å². The highest BCUT2D eigenvalue weighted by molar-refractivity contribution is 6.30. The number of alkyl halides is 1. The van der Waals surface area contributed by atoms with E-state index in [1.807, 2.05) is 24.3 Å². The molecule has 106 valence electrons. The summed E-state index contributed by atoms with van der Waals surface area (Å²) in [6, 6.07) is 11.1. The highest BCUT2D eigenvalue weighted by Gasteiger charge is 2.11. The first kappa shape index (κ1) is 15.3. The van der Waals surface area contributed by atoms with Crippen molar-refractivity contribution in [2.75, 3.05) is 5.88 Å². The molecule has 1 unspecified atom stereocenters. The molecule has 0 amide bonds.